The molecule has 2 amide bonds. The highest BCUT2D eigenvalue weighted by Crippen LogP contribution is 2.22. The van der Waals surface area contributed by atoms with Crippen LogP contribution in [0.5, 0.6) is 5.75 Å². The van der Waals surface area contributed by atoms with Crippen LogP contribution in [0.1, 0.15) is 6.92 Å². The highest BCUT2D eigenvalue weighted by atomic mass is 16.5. The fraction of sp³-hybridized carbons (Fsp3) is 0.429. The second-order valence-corrected chi connectivity index (χ2v) is 4.77. The molecule has 0 spiro atoms. The van der Waals surface area contributed by atoms with E-state index in [2.05, 4.69) is 0 Å². The Labute approximate surface area is 118 Å². The summed E-state index contributed by atoms with van der Waals surface area (Å²) < 4.78 is 5.12. The lowest BCUT2D eigenvalue weighted by Gasteiger charge is -2.40. The van der Waals surface area contributed by atoms with E-state index in [1.165, 1.54) is 11.8 Å². The van der Waals surface area contributed by atoms with Crippen molar-refractivity contribution in [1.82, 2.24) is 4.90 Å². The predicted molar refractivity (Wildman–Crippen MR) is 75.6 cm³/mol. The van der Waals surface area contributed by atoms with Gasteiger partial charge >= 0.3 is 0 Å². The Balaban J connectivity index is 2.15. The molecule has 0 radical (unpaired) electrons. The zero-order valence-corrected chi connectivity index (χ0v) is 11.7. The van der Waals surface area contributed by atoms with Gasteiger partial charge in [0.2, 0.25) is 11.8 Å². The fourth-order valence-electron chi connectivity index (χ4n) is 2.43. The van der Waals surface area contributed by atoms with E-state index in [-0.39, 0.29) is 5.91 Å². The normalized spacial score (nSPS) is 18.8. The van der Waals surface area contributed by atoms with E-state index in [0.29, 0.717) is 19.6 Å². The Morgan fingerprint density at radius 3 is 2.40 bits per heavy atom. The lowest BCUT2D eigenvalue weighted by Crippen LogP contribution is -2.59. The van der Waals surface area contributed by atoms with Crippen LogP contribution in [0.15, 0.2) is 24.3 Å². The summed E-state index contributed by atoms with van der Waals surface area (Å²) in [6.07, 6.45) is 0. The molecule has 2 rings (SSSR count). The van der Waals surface area contributed by atoms with Crippen LogP contribution < -0.4 is 15.4 Å². The number of carbonyl (C=O) groups is 2. The van der Waals surface area contributed by atoms with Gasteiger partial charge in [0.1, 0.15) is 11.8 Å². The molecule has 0 aromatic heterocycles. The van der Waals surface area contributed by atoms with Gasteiger partial charge in [-0.1, -0.05) is 0 Å². The molecule has 1 saturated heterocycles. The summed E-state index contributed by atoms with van der Waals surface area (Å²) in [5.74, 6) is 0.184. The van der Waals surface area contributed by atoms with E-state index in [1.807, 2.05) is 29.2 Å². The maximum absolute atomic E-state index is 11.5. The standard InChI is InChI=1S/C14H19N3O3/c1-10(18)17-8-7-16(9-13(17)14(15)19)11-3-5-12(20-2)6-4-11/h3-6,13H,7-9H2,1-2H3,(H2,15,19)/t13-/m0/s1. The van der Waals surface area contributed by atoms with Gasteiger partial charge in [-0.25, -0.2) is 0 Å². The molecule has 1 heterocycles. The molecule has 0 aliphatic carbocycles. The molecule has 1 aliphatic heterocycles. The summed E-state index contributed by atoms with van der Waals surface area (Å²) >= 11 is 0. The van der Waals surface area contributed by atoms with Crippen molar-refractivity contribution in [3.8, 4) is 5.75 Å². The zero-order valence-electron chi connectivity index (χ0n) is 11.7. The Morgan fingerprint density at radius 1 is 1.25 bits per heavy atom. The van der Waals surface area contributed by atoms with E-state index in [4.69, 9.17) is 10.5 Å². The number of ether oxygens (including phenoxy) is 1. The molecule has 1 atom stereocenters. The molecule has 1 fully saturated rings. The monoisotopic (exact) mass is 277 g/mol. The number of primary amides is 1. The number of anilines is 1. The highest BCUT2D eigenvalue weighted by Gasteiger charge is 2.32. The topological polar surface area (TPSA) is 75.9 Å². The van der Waals surface area contributed by atoms with Gasteiger partial charge in [-0.2, -0.15) is 0 Å². The lowest BCUT2D eigenvalue weighted by molar-refractivity contribution is -0.138. The van der Waals surface area contributed by atoms with Crippen molar-refractivity contribution in [1.29, 1.82) is 0 Å². The molecule has 0 unspecified atom stereocenters. The minimum atomic E-state index is -0.580. The van der Waals surface area contributed by atoms with Gasteiger partial charge in [0, 0.05) is 32.2 Å². The average molecular weight is 277 g/mol. The first-order valence-electron chi connectivity index (χ1n) is 6.48. The van der Waals surface area contributed by atoms with Gasteiger partial charge < -0.3 is 20.3 Å². The number of rotatable bonds is 3. The summed E-state index contributed by atoms with van der Waals surface area (Å²) in [6.45, 7) is 3.05. The number of carbonyl (C=O) groups excluding carboxylic acids is 2. The molecule has 108 valence electrons. The summed E-state index contributed by atoms with van der Waals surface area (Å²) in [5.41, 5.74) is 6.39. The second-order valence-electron chi connectivity index (χ2n) is 4.77. The van der Waals surface area contributed by atoms with Crippen LogP contribution in [0.2, 0.25) is 0 Å². The molecular weight excluding hydrogens is 258 g/mol. The number of nitrogens with two attached hydrogens (primary N) is 1. The summed E-state index contributed by atoms with van der Waals surface area (Å²) in [5, 5.41) is 0. The van der Waals surface area contributed by atoms with Gasteiger partial charge in [-0.15, -0.1) is 0 Å². The fourth-order valence-corrected chi connectivity index (χ4v) is 2.43. The number of piperazine rings is 1. The maximum atomic E-state index is 11.5. The number of benzene rings is 1. The Bertz CT molecular complexity index is 501. The first kappa shape index (κ1) is 14.2. The quantitative estimate of drug-likeness (QED) is 0.857. The zero-order chi connectivity index (χ0) is 14.7. The number of hydrogen-bond donors (Lipinski definition) is 1. The van der Waals surface area contributed by atoms with E-state index < -0.39 is 11.9 Å². The van der Waals surface area contributed by atoms with E-state index in [0.717, 1.165) is 11.4 Å². The molecule has 1 aromatic rings. The Hall–Kier alpha value is -2.24. The first-order chi connectivity index (χ1) is 9.52. The third-order valence-corrected chi connectivity index (χ3v) is 3.55. The van der Waals surface area contributed by atoms with Gasteiger partial charge in [0.15, 0.2) is 0 Å². The number of methoxy groups -OCH3 is 1. The predicted octanol–water partition coefficient (Wildman–Crippen LogP) is 0.218. The minimum absolute atomic E-state index is 0.122. The van der Waals surface area contributed by atoms with Crippen molar-refractivity contribution in [3.63, 3.8) is 0 Å². The molecule has 1 aromatic carbocycles. The Morgan fingerprint density at radius 2 is 1.90 bits per heavy atom. The van der Waals surface area contributed by atoms with Crippen LogP contribution in [0.3, 0.4) is 0 Å². The van der Waals surface area contributed by atoms with Crippen molar-refractivity contribution in [2.75, 3.05) is 31.6 Å². The summed E-state index contributed by atoms with van der Waals surface area (Å²) in [4.78, 5) is 26.6. The van der Waals surface area contributed by atoms with Gasteiger partial charge in [0.05, 0.1) is 7.11 Å². The van der Waals surface area contributed by atoms with Crippen molar-refractivity contribution >= 4 is 17.5 Å². The van der Waals surface area contributed by atoms with Crippen LogP contribution in [-0.2, 0) is 9.59 Å². The maximum Gasteiger partial charge on any atom is 0.242 e. The molecule has 20 heavy (non-hydrogen) atoms. The first-order valence-corrected chi connectivity index (χ1v) is 6.48. The number of nitrogens with zero attached hydrogens (tertiary/aromatic N) is 2. The second kappa shape index (κ2) is 5.81. The molecule has 1 aliphatic rings. The lowest BCUT2D eigenvalue weighted by atomic mass is 10.1. The smallest absolute Gasteiger partial charge is 0.242 e. The number of amides is 2. The van der Waals surface area contributed by atoms with Crippen molar-refractivity contribution in [2.24, 2.45) is 5.73 Å². The van der Waals surface area contributed by atoms with Crippen molar-refractivity contribution < 1.29 is 14.3 Å². The average Bonchev–Trinajstić information content (AvgIpc) is 2.46. The van der Waals surface area contributed by atoms with Gasteiger partial charge in [-0.3, -0.25) is 9.59 Å². The van der Waals surface area contributed by atoms with Crippen LogP contribution in [0.25, 0.3) is 0 Å². The molecule has 0 bridgehead atoms. The van der Waals surface area contributed by atoms with Crippen molar-refractivity contribution in [2.45, 2.75) is 13.0 Å². The summed E-state index contributed by atoms with van der Waals surface area (Å²) in [7, 11) is 1.61. The largest absolute Gasteiger partial charge is 0.497 e. The summed E-state index contributed by atoms with van der Waals surface area (Å²) in [6, 6.07) is 7.02. The van der Waals surface area contributed by atoms with E-state index in [9.17, 15) is 9.59 Å². The Kier molecular flexibility index (Phi) is 4.12. The van der Waals surface area contributed by atoms with E-state index >= 15 is 0 Å². The van der Waals surface area contributed by atoms with Crippen LogP contribution >= 0.6 is 0 Å². The molecular formula is C14H19N3O3. The number of hydrogen-bond acceptors (Lipinski definition) is 4. The molecule has 6 heteroatoms. The third-order valence-electron chi connectivity index (χ3n) is 3.55. The van der Waals surface area contributed by atoms with Crippen LogP contribution in [0, 0.1) is 0 Å². The molecule has 0 saturated carbocycles. The SMILES string of the molecule is COc1ccc(N2CCN(C(C)=O)[C@H](C(N)=O)C2)cc1. The molecule has 2 N–H and O–H groups in total. The van der Waals surface area contributed by atoms with E-state index in [1.54, 1.807) is 7.11 Å². The minimum Gasteiger partial charge on any atom is -0.497 e. The van der Waals surface area contributed by atoms with Gasteiger partial charge in [-0.05, 0) is 24.3 Å². The highest BCUT2D eigenvalue weighted by molar-refractivity contribution is 5.86. The van der Waals surface area contributed by atoms with Gasteiger partial charge in [0.25, 0.3) is 0 Å². The third kappa shape index (κ3) is 2.84. The van der Waals surface area contributed by atoms with Crippen LogP contribution in [0.4, 0.5) is 5.69 Å². The molecule has 6 nitrogen and oxygen atoms in total. The van der Waals surface area contributed by atoms with Crippen molar-refractivity contribution in [3.05, 3.63) is 24.3 Å². The van der Waals surface area contributed by atoms with Crippen LogP contribution in [-0.4, -0.2) is 49.5 Å².